The third-order valence-corrected chi connectivity index (χ3v) is 2.91. The molecule has 1 aromatic carbocycles. The van der Waals surface area contributed by atoms with Crippen molar-refractivity contribution in [1.29, 1.82) is 0 Å². The van der Waals surface area contributed by atoms with E-state index in [-0.39, 0.29) is 5.75 Å². The van der Waals surface area contributed by atoms with E-state index >= 15 is 0 Å². The number of benzene rings is 1. The summed E-state index contributed by atoms with van der Waals surface area (Å²) < 4.78 is 39.6. The van der Waals surface area contributed by atoms with Gasteiger partial charge in [-0.25, -0.2) is 0 Å². The predicted octanol–water partition coefficient (Wildman–Crippen LogP) is 3.00. The van der Waals surface area contributed by atoms with Gasteiger partial charge in [0.05, 0.1) is 6.20 Å². The first-order valence-electron chi connectivity index (χ1n) is 4.86. The Labute approximate surface area is 105 Å². The van der Waals surface area contributed by atoms with E-state index in [0.29, 0.717) is 5.75 Å². The molecule has 1 heterocycles. The molecule has 1 aromatic heterocycles. The number of hydrogen-bond acceptors (Lipinski definition) is 4. The third-order valence-electron chi connectivity index (χ3n) is 1.94. The fourth-order valence-electron chi connectivity index (χ4n) is 1.21. The molecule has 8 heteroatoms. The fourth-order valence-corrected chi connectivity index (χ4v) is 1.94. The minimum absolute atomic E-state index is 0.224. The summed E-state index contributed by atoms with van der Waals surface area (Å²) in [6, 6.07) is 5.72. The highest BCUT2D eigenvalue weighted by Gasteiger charge is 2.30. The number of rotatable bonds is 4. The van der Waals surface area contributed by atoms with E-state index in [2.05, 4.69) is 20.1 Å². The molecule has 0 aliphatic carbocycles. The number of nitrogens with one attached hydrogen (secondary N) is 1. The summed E-state index contributed by atoms with van der Waals surface area (Å²) >= 11 is 1.43. The number of nitrogens with zero attached hydrogens (tertiary/aromatic N) is 2. The van der Waals surface area contributed by atoms with Crippen molar-refractivity contribution in [2.24, 2.45) is 0 Å². The van der Waals surface area contributed by atoms with Crippen molar-refractivity contribution in [3.05, 3.63) is 36.0 Å². The highest BCUT2D eigenvalue weighted by atomic mass is 32.2. The van der Waals surface area contributed by atoms with Gasteiger partial charge in [-0.1, -0.05) is 23.9 Å². The minimum Gasteiger partial charge on any atom is -0.406 e. The summed E-state index contributed by atoms with van der Waals surface area (Å²) in [5, 5.41) is 10.7. The molecule has 2 aromatic rings. The van der Waals surface area contributed by atoms with E-state index < -0.39 is 6.36 Å². The number of ether oxygens (including phenoxy) is 1. The molecule has 0 fully saturated rings. The van der Waals surface area contributed by atoms with Crippen LogP contribution >= 0.6 is 11.8 Å². The largest absolute Gasteiger partial charge is 0.573 e. The zero-order valence-corrected chi connectivity index (χ0v) is 9.76. The maximum absolute atomic E-state index is 11.9. The van der Waals surface area contributed by atoms with E-state index in [0.717, 1.165) is 10.6 Å². The average Bonchev–Trinajstić information content (AvgIpc) is 2.79. The summed E-state index contributed by atoms with van der Waals surface area (Å²) in [6.45, 7) is 0. The molecule has 0 aliphatic rings. The van der Waals surface area contributed by atoms with Gasteiger partial charge in [-0.05, 0) is 17.7 Å². The van der Waals surface area contributed by atoms with Crippen LogP contribution in [0.4, 0.5) is 13.2 Å². The zero-order chi connectivity index (χ0) is 13.0. The molecular formula is C10H8F3N3OS. The standard InChI is InChI=1S/C10H8F3N3OS/c11-10(12,13)17-8-3-1-7(2-4-8)6-18-9-5-14-16-15-9/h1-5H,6H2,(H,14,15,16). The van der Waals surface area contributed by atoms with Crippen molar-refractivity contribution < 1.29 is 17.9 Å². The molecule has 0 aliphatic heterocycles. The van der Waals surface area contributed by atoms with Crippen LogP contribution in [0.2, 0.25) is 0 Å². The monoisotopic (exact) mass is 275 g/mol. The fraction of sp³-hybridized carbons (Fsp3) is 0.200. The Kier molecular flexibility index (Phi) is 3.75. The van der Waals surface area contributed by atoms with Gasteiger partial charge < -0.3 is 4.74 Å². The van der Waals surface area contributed by atoms with E-state index in [4.69, 9.17) is 0 Å². The molecule has 4 nitrogen and oxygen atoms in total. The second kappa shape index (κ2) is 5.30. The molecule has 0 spiro atoms. The van der Waals surface area contributed by atoms with Gasteiger partial charge in [-0.2, -0.15) is 10.3 Å². The number of thioether (sulfide) groups is 1. The predicted molar refractivity (Wildman–Crippen MR) is 59.1 cm³/mol. The molecule has 0 saturated heterocycles. The van der Waals surface area contributed by atoms with Gasteiger partial charge in [-0.3, -0.25) is 0 Å². The van der Waals surface area contributed by atoms with Crippen LogP contribution in [0.1, 0.15) is 5.56 Å². The van der Waals surface area contributed by atoms with E-state index in [1.54, 1.807) is 18.3 Å². The molecule has 0 bridgehead atoms. The topological polar surface area (TPSA) is 50.8 Å². The summed E-state index contributed by atoms with van der Waals surface area (Å²) in [5.41, 5.74) is 0.873. The third kappa shape index (κ3) is 3.95. The average molecular weight is 275 g/mol. The lowest BCUT2D eigenvalue weighted by molar-refractivity contribution is -0.274. The van der Waals surface area contributed by atoms with Crippen LogP contribution in [-0.4, -0.2) is 21.8 Å². The molecule has 0 atom stereocenters. The number of halogens is 3. The molecule has 0 unspecified atom stereocenters. The normalized spacial score (nSPS) is 11.5. The molecule has 0 amide bonds. The molecule has 2 rings (SSSR count). The van der Waals surface area contributed by atoms with E-state index in [1.165, 1.54) is 23.9 Å². The molecule has 0 saturated carbocycles. The van der Waals surface area contributed by atoms with Gasteiger partial charge in [0.1, 0.15) is 10.8 Å². The maximum Gasteiger partial charge on any atom is 0.573 e. The summed E-state index contributed by atoms with van der Waals surface area (Å²) in [5.74, 6) is 0.372. The first-order valence-corrected chi connectivity index (χ1v) is 5.85. The summed E-state index contributed by atoms with van der Waals surface area (Å²) in [4.78, 5) is 0. The van der Waals surface area contributed by atoms with Crippen molar-refractivity contribution >= 4 is 11.8 Å². The number of alkyl halides is 3. The summed E-state index contributed by atoms with van der Waals surface area (Å²) in [6.07, 6.45) is -3.08. The number of H-pyrrole nitrogens is 1. The van der Waals surface area contributed by atoms with Gasteiger partial charge >= 0.3 is 6.36 Å². The van der Waals surface area contributed by atoms with Gasteiger partial charge in [-0.15, -0.1) is 18.3 Å². The number of aromatic amines is 1. The van der Waals surface area contributed by atoms with Crippen LogP contribution in [0, 0.1) is 0 Å². The second-order valence-electron chi connectivity index (χ2n) is 3.29. The molecule has 18 heavy (non-hydrogen) atoms. The van der Waals surface area contributed by atoms with E-state index in [1.807, 2.05) is 0 Å². The SMILES string of the molecule is FC(F)(F)Oc1ccc(CSc2cn[nH]n2)cc1. The highest BCUT2D eigenvalue weighted by molar-refractivity contribution is 7.98. The Morgan fingerprint density at radius 3 is 2.50 bits per heavy atom. The lowest BCUT2D eigenvalue weighted by atomic mass is 10.2. The van der Waals surface area contributed by atoms with Crippen LogP contribution < -0.4 is 4.74 Å². The van der Waals surface area contributed by atoms with Crippen molar-refractivity contribution in [2.75, 3.05) is 0 Å². The van der Waals surface area contributed by atoms with Gasteiger partial charge in [0, 0.05) is 5.75 Å². The van der Waals surface area contributed by atoms with Crippen molar-refractivity contribution in [1.82, 2.24) is 15.4 Å². The highest BCUT2D eigenvalue weighted by Crippen LogP contribution is 2.25. The van der Waals surface area contributed by atoms with Crippen LogP contribution in [0.3, 0.4) is 0 Å². The smallest absolute Gasteiger partial charge is 0.406 e. The Bertz CT molecular complexity index is 484. The first-order chi connectivity index (χ1) is 8.53. The maximum atomic E-state index is 11.9. The Morgan fingerprint density at radius 2 is 1.94 bits per heavy atom. The van der Waals surface area contributed by atoms with Crippen molar-refractivity contribution in [3.63, 3.8) is 0 Å². The zero-order valence-electron chi connectivity index (χ0n) is 8.94. The number of aromatic nitrogens is 3. The summed E-state index contributed by atoms with van der Waals surface area (Å²) in [7, 11) is 0. The van der Waals surface area contributed by atoms with Crippen molar-refractivity contribution in [3.8, 4) is 5.75 Å². The minimum atomic E-state index is -4.66. The lowest BCUT2D eigenvalue weighted by Crippen LogP contribution is -2.16. The molecule has 96 valence electrons. The molecular weight excluding hydrogens is 267 g/mol. The quantitative estimate of drug-likeness (QED) is 0.871. The Balaban J connectivity index is 1.91. The second-order valence-corrected chi connectivity index (χ2v) is 4.28. The number of hydrogen-bond donors (Lipinski definition) is 1. The van der Waals surface area contributed by atoms with Crippen LogP contribution in [0.15, 0.2) is 35.5 Å². The van der Waals surface area contributed by atoms with E-state index in [9.17, 15) is 13.2 Å². The van der Waals surface area contributed by atoms with Crippen molar-refractivity contribution in [2.45, 2.75) is 17.1 Å². The van der Waals surface area contributed by atoms with Gasteiger partial charge in [0.15, 0.2) is 0 Å². The van der Waals surface area contributed by atoms with Crippen LogP contribution in [0.5, 0.6) is 5.75 Å². The Hall–Kier alpha value is -1.70. The van der Waals surface area contributed by atoms with Gasteiger partial charge in [0.25, 0.3) is 0 Å². The first kappa shape index (κ1) is 12.7. The molecule has 1 N–H and O–H groups in total. The van der Waals surface area contributed by atoms with Crippen LogP contribution in [-0.2, 0) is 5.75 Å². The van der Waals surface area contributed by atoms with Crippen LogP contribution in [0.25, 0.3) is 0 Å². The Morgan fingerprint density at radius 1 is 1.22 bits per heavy atom. The van der Waals surface area contributed by atoms with Gasteiger partial charge in [0.2, 0.25) is 0 Å². The lowest BCUT2D eigenvalue weighted by Gasteiger charge is -2.08. The molecule has 0 radical (unpaired) electrons.